The molecule has 0 atom stereocenters. The van der Waals surface area contributed by atoms with Crippen LogP contribution in [0.15, 0.2) is 40.9 Å². The van der Waals surface area contributed by atoms with Crippen LogP contribution < -0.4 is 9.47 Å². The molecule has 0 spiro atoms. The molecule has 1 heterocycles. The Kier molecular flexibility index (Phi) is 3.90. The molecule has 106 valence electrons. The monoisotopic (exact) mass is 365 g/mol. The van der Waals surface area contributed by atoms with Gasteiger partial charge in [0, 0.05) is 0 Å². The van der Waals surface area contributed by atoms with Crippen LogP contribution in [-0.4, -0.2) is 22.1 Å². The van der Waals surface area contributed by atoms with E-state index in [1.165, 1.54) is 7.11 Å². The molecule has 0 amide bonds. The summed E-state index contributed by atoms with van der Waals surface area (Å²) in [5.41, 5.74) is 0. The molecule has 0 aliphatic rings. The molecule has 1 aromatic heterocycles. The summed E-state index contributed by atoms with van der Waals surface area (Å²) in [7, 11) is 1.45. The Labute approximate surface area is 134 Å². The minimum atomic E-state index is 0.00811. The number of nitrogens with zero attached hydrogens (tertiary/aromatic N) is 3. The number of benzene rings is 2. The second kappa shape index (κ2) is 5.83. The van der Waals surface area contributed by atoms with Crippen LogP contribution in [0.4, 0.5) is 0 Å². The zero-order chi connectivity index (χ0) is 14.8. The topological polar surface area (TPSA) is 57.1 Å². The third-order valence-corrected chi connectivity index (χ3v) is 3.77. The molecule has 3 aromatic rings. The highest BCUT2D eigenvalue weighted by atomic mass is 79.9. The van der Waals surface area contributed by atoms with Crippen LogP contribution in [0.5, 0.6) is 17.8 Å². The van der Waals surface area contributed by atoms with E-state index in [0.717, 1.165) is 15.2 Å². The molecular weight excluding hydrogens is 358 g/mol. The zero-order valence-electron chi connectivity index (χ0n) is 10.9. The fraction of sp³-hybridized carbons (Fsp3) is 0.0714. The molecule has 0 unspecified atom stereocenters. The first-order chi connectivity index (χ1) is 10.2. The Hall–Kier alpha value is -1.92. The maximum absolute atomic E-state index is 5.80. The van der Waals surface area contributed by atoms with E-state index in [2.05, 4.69) is 30.9 Å². The summed E-state index contributed by atoms with van der Waals surface area (Å²) in [5, 5.41) is 2.14. The third kappa shape index (κ3) is 2.91. The fourth-order valence-corrected chi connectivity index (χ4v) is 2.56. The number of hydrogen-bond acceptors (Lipinski definition) is 5. The van der Waals surface area contributed by atoms with Crippen LogP contribution in [0.3, 0.4) is 0 Å². The standard InChI is InChI=1S/C14H9BrClN3O2/c1-20-13-17-12(16)18-14(19-13)21-10-7-6-8-4-2-3-5-9(8)11(10)15/h2-7H,1H3. The SMILES string of the molecule is COc1nc(Cl)nc(Oc2ccc3ccccc3c2Br)n1. The van der Waals surface area contributed by atoms with Crippen molar-refractivity contribution in [3.63, 3.8) is 0 Å². The second-order valence-corrected chi connectivity index (χ2v) is 5.21. The van der Waals surface area contributed by atoms with Gasteiger partial charge in [0.25, 0.3) is 0 Å². The molecular formula is C14H9BrClN3O2. The Bertz CT molecular complexity index is 813. The van der Waals surface area contributed by atoms with E-state index >= 15 is 0 Å². The van der Waals surface area contributed by atoms with Gasteiger partial charge in [-0.25, -0.2) is 0 Å². The zero-order valence-corrected chi connectivity index (χ0v) is 13.2. The summed E-state index contributed by atoms with van der Waals surface area (Å²) >= 11 is 9.33. The van der Waals surface area contributed by atoms with Crippen molar-refractivity contribution in [2.24, 2.45) is 0 Å². The largest absolute Gasteiger partial charge is 0.467 e. The van der Waals surface area contributed by atoms with Crippen molar-refractivity contribution in [1.82, 2.24) is 15.0 Å². The first-order valence-corrected chi connectivity index (χ1v) is 7.15. The van der Waals surface area contributed by atoms with Crippen LogP contribution in [0.1, 0.15) is 0 Å². The van der Waals surface area contributed by atoms with Gasteiger partial charge < -0.3 is 9.47 Å². The highest BCUT2D eigenvalue weighted by Crippen LogP contribution is 2.35. The number of aromatic nitrogens is 3. The van der Waals surface area contributed by atoms with E-state index in [1.54, 1.807) is 0 Å². The molecule has 0 N–H and O–H groups in total. The van der Waals surface area contributed by atoms with Gasteiger partial charge in [-0.15, -0.1) is 4.98 Å². The summed E-state index contributed by atoms with van der Waals surface area (Å²) in [4.78, 5) is 11.7. The number of methoxy groups -OCH3 is 1. The van der Waals surface area contributed by atoms with Crippen LogP contribution in [0.2, 0.25) is 5.28 Å². The van der Waals surface area contributed by atoms with Gasteiger partial charge >= 0.3 is 12.0 Å². The summed E-state index contributed by atoms with van der Waals surface area (Å²) in [6.45, 7) is 0. The predicted octanol–water partition coefficient (Wildman–Crippen LogP) is 4.24. The molecule has 5 nitrogen and oxygen atoms in total. The molecule has 3 rings (SSSR count). The lowest BCUT2D eigenvalue weighted by Crippen LogP contribution is -1.99. The lowest BCUT2D eigenvalue weighted by molar-refractivity contribution is 0.358. The first kappa shape index (κ1) is 14.0. The minimum Gasteiger partial charge on any atom is -0.467 e. The number of ether oxygens (including phenoxy) is 2. The van der Waals surface area contributed by atoms with E-state index in [4.69, 9.17) is 21.1 Å². The van der Waals surface area contributed by atoms with E-state index in [-0.39, 0.29) is 17.3 Å². The maximum atomic E-state index is 5.80. The molecule has 21 heavy (non-hydrogen) atoms. The van der Waals surface area contributed by atoms with Crippen LogP contribution in [0.25, 0.3) is 10.8 Å². The van der Waals surface area contributed by atoms with Crippen molar-refractivity contribution in [3.05, 3.63) is 46.2 Å². The van der Waals surface area contributed by atoms with Crippen molar-refractivity contribution in [3.8, 4) is 17.8 Å². The van der Waals surface area contributed by atoms with Gasteiger partial charge in [0.15, 0.2) is 0 Å². The Morgan fingerprint density at radius 1 is 1.00 bits per heavy atom. The average Bonchev–Trinajstić information content (AvgIpc) is 2.50. The molecule has 0 aliphatic heterocycles. The van der Waals surface area contributed by atoms with E-state index in [9.17, 15) is 0 Å². The molecule has 0 saturated carbocycles. The van der Waals surface area contributed by atoms with Crippen molar-refractivity contribution in [1.29, 1.82) is 0 Å². The van der Waals surface area contributed by atoms with Gasteiger partial charge in [-0.1, -0.05) is 30.3 Å². The van der Waals surface area contributed by atoms with Crippen molar-refractivity contribution in [2.75, 3.05) is 7.11 Å². The number of hydrogen-bond donors (Lipinski definition) is 0. The molecule has 0 radical (unpaired) electrons. The molecule has 0 bridgehead atoms. The smallest absolute Gasteiger partial charge is 0.329 e. The molecule has 0 aliphatic carbocycles. The molecule has 0 fully saturated rings. The van der Waals surface area contributed by atoms with Crippen molar-refractivity contribution in [2.45, 2.75) is 0 Å². The number of halogens is 2. The van der Waals surface area contributed by atoms with Gasteiger partial charge in [0.2, 0.25) is 5.28 Å². The lowest BCUT2D eigenvalue weighted by Gasteiger charge is -2.09. The van der Waals surface area contributed by atoms with Crippen molar-refractivity contribution >= 4 is 38.3 Å². The summed E-state index contributed by atoms with van der Waals surface area (Å²) in [5.74, 6) is 0.581. The molecule has 0 saturated heterocycles. The minimum absolute atomic E-state index is 0.00811. The first-order valence-electron chi connectivity index (χ1n) is 5.98. The molecule has 7 heteroatoms. The van der Waals surface area contributed by atoms with Crippen LogP contribution in [0, 0.1) is 0 Å². The van der Waals surface area contributed by atoms with Gasteiger partial charge in [-0.2, -0.15) is 9.97 Å². The third-order valence-electron chi connectivity index (χ3n) is 2.78. The van der Waals surface area contributed by atoms with E-state index in [0.29, 0.717) is 5.75 Å². The average molecular weight is 367 g/mol. The summed E-state index contributed by atoms with van der Waals surface area (Å²) < 4.78 is 11.4. The Balaban J connectivity index is 2.02. The molecule has 2 aromatic carbocycles. The second-order valence-electron chi connectivity index (χ2n) is 4.07. The Morgan fingerprint density at radius 2 is 1.76 bits per heavy atom. The van der Waals surface area contributed by atoms with Gasteiger partial charge in [-0.05, 0) is 44.4 Å². The van der Waals surface area contributed by atoms with E-state index in [1.807, 2.05) is 36.4 Å². The number of fused-ring (bicyclic) bond motifs is 1. The van der Waals surface area contributed by atoms with Gasteiger partial charge in [0.1, 0.15) is 5.75 Å². The van der Waals surface area contributed by atoms with E-state index < -0.39 is 0 Å². The quantitative estimate of drug-likeness (QED) is 0.694. The number of rotatable bonds is 3. The van der Waals surface area contributed by atoms with Crippen LogP contribution >= 0.6 is 27.5 Å². The highest BCUT2D eigenvalue weighted by Gasteiger charge is 2.11. The van der Waals surface area contributed by atoms with Crippen LogP contribution in [-0.2, 0) is 0 Å². The van der Waals surface area contributed by atoms with Gasteiger partial charge in [0.05, 0.1) is 11.6 Å². The maximum Gasteiger partial charge on any atom is 0.329 e. The highest BCUT2D eigenvalue weighted by molar-refractivity contribution is 9.10. The predicted molar refractivity (Wildman–Crippen MR) is 83.1 cm³/mol. The van der Waals surface area contributed by atoms with Crippen molar-refractivity contribution < 1.29 is 9.47 Å². The Morgan fingerprint density at radius 3 is 2.57 bits per heavy atom. The normalized spacial score (nSPS) is 10.6. The van der Waals surface area contributed by atoms with Gasteiger partial charge in [-0.3, -0.25) is 0 Å². The fourth-order valence-electron chi connectivity index (χ4n) is 1.84. The summed E-state index contributed by atoms with van der Waals surface area (Å²) in [6.07, 6.45) is 0. The lowest BCUT2D eigenvalue weighted by atomic mass is 10.1. The summed E-state index contributed by atoms with van der Waals surface area (Å²) in [6, 6.07) is 11.9.